The summed E-state index contributed by atoms with van der Waals surface area (Å²) in [5.74, 6) is 0.709. The van der Waals surface area contributed by atoms with Crippen LogP contribution in [0.4, 0.5) is 0 Å². The highest BCUT2D eigenvalue weighted by atomic mass is 127. The van der Waals surface area contributed by atoms with Crippen molar-refractivity contribution in [2.75, 3.05) is 0 Å². The molecule has 0 amide bonds. The first-order valence-corrected chi connectivity index (χ1v) is 9.94. The van der Waals surface area contributed by atoms with Crippen molar-refractivity contribution >= 4 is 22.6 Å². The predicted octanol–water partition coefficient (Wildman–Crippen LogP) is 6.90. The van der Waals surface area contributed by atoms with Gasteiger partial charge in [-0.1, -0.05) is 68.8 Å². The molecule has 23 heavy (non-hydrogen) atoms. The van der Waals surface area contributed by atoms with Crippen LogP contribution in [0.3, 0.4) is 0 Å². The zero-order chi connectivity index (χ0) is 16.4. The van der Waals surface area contributed by atoms with Gasteiger partial charge in [0.25, 0.3) is 0 Å². The average Bonchev–Trinajstić information content (AvgIpc) is 2.79. The van der Waals surface area contributed by atoms with Crippen LogP contribution in [0.25, 0.3) is 0 Å². The van der Waals surface area contributed by atoms with E-state index in [9.17, 15) is 0 Å². The zero-order valence-electron chi connectivity index (χ0n) is 14.5. The molecule has 0 N–H and O–H groups in total. The minimum Gasteiger partial charge on any atom is -0.0813 e. The van der Waals surface area contributed by atoms with Crippen molar-refractivity contribution in [3.63, 3.8) is 0 Å². The van der Waals surface area contributed by atoms with Crippen molar-refractivity contribution in [3.8, 4) is 0 Å². The van der Waals surface area contributed by atoms with Crippen molar-refractivity contribution in [2.45, 2.75) is 58.3 Å². The molecule has 0 heterocycles. The van der Waals surface area contributed by atoms with Gasteiger partial charge in [0.05, 0.1) is 0 Å². The number of benzene rings is 1. The van der Waals surface area contributed by atoms with Crippen molar-refractivity contribution in [1.29, 1.82) is 0 Å². The lowest BCUT2D eigenvalue weighted by atomic mass is 9.79. The van der Waals surface area contributed by atoms with Gasteiger partial charge in [0, 0.05) is 5.41 Å². The topological polar surface area (TPSA) is 0 Å². The van der Waals surface area contributed by atoms with Gasteiger partial charge >= 0.3 is 0 Å². The Hall–Kier alpha value is -0.830. The average molecular weight is 418 g/mol. The molecule has 0 saturated carbocycles. The number of hydrogen-bond acceptors (Lipinski definition) is 0. The lowest BCUT2D eigenvalue weighted by Gasteiger charge is -2.26. The largest absolute Gasteiger partial charge is 0.0813 e. The summed E-state index contributed by atoms with van der Waals surface area (Å²) in [4.78, 5) is 0. The van der Waals surface area contributed by atoms with E-state index < -0.39 is 0 Å². The third-order valence-corrected chi connectivity index (χ3v) is 6.46. The normalized spacial score (nSPS) is 25.4. The summed E-state index contributed by atoms with van der Waals surface area (Å²) in [5, 5.41) is 0. The monoisotopic (exact) mass is 418 g/mol. The highest BCUT2D eigenvalue weighted by Crippen LogP contribution is 2.44. The van der Waals surface area contributed by atoms with Gasteiger partial charge in [0.1, 0.15) is 0 Å². The number of halogens is 1. The molecule has 0 aliphatic heterocycles. The standard InChI is InChI=1S/C22H27I/c1-4-7-17(16-10-12-20(23)13-11-16)14-19-15-18-8-5-6-9-21(18)22(19,2)3/h5-9,12,14,16H,4,10-11,13,15H2,1-3H3/b17-7+,19-14+. The molecule has 1 unspecified atom stereocenters. The summed E-state index contributed by atoms with van der Waals surface area (Å²) in [6, 6.07) is 8.96. The third-order valence-electron chi connectivity index (χ3n) is 5.48. The summed E-state index contributed by atoms with van der Waals surface area (Å²) in [6.07, 6.45) is 13.4. The zero-order valence-corrected chi connectivity index (χ0v) is 16.7. The molecular formula is C22H27I. The third kappa shape index (κ3) is 3.50. The number of rotatable bonds is 3. The lowest BCUT2D eigenvalue weighted by Crippen LogP contribution is -2.16. The van der Waals surface area contributed by atoms with Gasteiger partial charge in [-0.2, -0.15) is 0 Å². The maximum atomic E-state index is 2.54. The van der Waals surface area contributed by atoms with E-state index in [1.54, 1.807) is 11.1 Å². The molecule has 3 rings (SSSR count). The van der Waals surface area contributed by atoms with E-state index >= 15 is 0 Å². The summed E-state index contributed by atoms with van der Waals surface area (Å²) >= 11 is 2.49. The Balaban J connectivity index is 1.91. The molecule has 1 atom stereocenters. The van der Waals surface area contributed by atoms with Crippen LogP contribution in [0.1, 0.15) is 57.6 Å². The first kappa shape index (κ1) is 17.0. The minimum atomic E-state index is 0.169. The van der Waals surface area contributed by atoms with E-state index in [1.807, 2.05) is 0 Å². The highest BCUT2D eigenvalue weighted by molar-refractivity contribution is 14.1. The fraction of sp³-hybridized carbons (Fsp3) is 0.455. The van der Waals surface area contributed by atoms with Crippen LogP contribution in [0.2, 0.25) is 0 Å². The van der Waals surface area contributed by atoms with Crippen LogP contribution in [0.15, 0.2) is 57.2 Å². The van der Waals surface area contributed by atoms with Crippen molar-refractivity contribution < 1.29 is 0 Å². The molecular weight excluding hydrogens is 391 g/mol. The van der Waals surface area contributed by atoms with Crippen LogP contribution in [0, 0.1) is 5.92 Å². The number of fused-ring (bicyclic) bond motifs is 1. The van der Waals surface area contributed by atoms with E-state index in [2.05, 4.69) is 85.9 Å². The molecule has 2 aliphatic rings. The van der Waals surface area contributed by atoms with Crippen LogP contribution < -0.4 is 0 Å². The van der Waals surface area contributed by atoms with Crippen molar-refractivity contribution in [3.05, 3.63) is 68.3 Å². The summed E-state index contributed by atoms with van der Waals surface area (Å²) in [7, 11) is 0. The van der Waals surface area contributed by atoms with E-state index in [0.29, 0.717) is 5.92 Å². The molecule has 0 saturated heterocycles. The molecule has 0 radical (unpaired) electrons. The molecule has 0 nitrogen and oxygen atoms in total. The Bertz CT molecular complexity index is 673. The van der Waals surface area contributed by atoms with E-state index in [0.717, 1.165) is 12.8 Å². The van der Waals surface area contributed by atoms with Gasteiger partial charge in [-0.25, -0.2) is 0 Å². The smallest absolute Gasteiger partial charge is 0.0114 e. The van der Waals surface area contributed by atoms with Crippen molar-refractivity contribution in [1.82, 2.24) is 0 Å². The fourth-order valence-electron chi connectivity index (χ4n) is 4.00. The number of allylic oxidation sites excluding steroid dienone is 6. The Kier molecular flexibility index (Phi) is 5.15. The molecule has 122 valence electrons. The van der Waals surface area contributed by atoms with Crippen LogP contribution in [0.5, 0.6) is 0 Å². The molecule has 1 aromatic rings. The van der Waals surface area contributed by atoms with Crippen LogP contribution >= 0.6 is 22.6 Å². The second-order valence-electron chi connectivity index (χ2n) is 7.36. The summed E-state index contributed by atoms with van der Waals surface area (Å²) in [5.41, 5.74) is 6.35. The predicted molar refractivity (Wildman–Crippen MR) is 109 cm³/mol. The van der Waals surface area contributed by atoms with Gasteiger partial charge in [-0.3, -0.25) is 0 Å². The second kappa shape index (κ2) is 6.96. The Morgan fingerprint density at radius 1 is 1.30 bits per heavy atom. The van der Waals surface area contributed by atoms with Crippen molar-refractivity contribution in [2.24, 2.45) is 5.92 Å². The quantitative estimate of drug-likeness (QED) is 0.469. The molecule has 1 heteroatoms. The van der Waals surface area contributed by atoms with Gasteiger partial charge in [-0.05, 0) is 80.9 Å². The summed E-state index contributed by atoms with van der Waals surface area (Å²) < 4.78 is 1.54. The maximum absolute atomic E-state index is 2.54. The first-order valence-electron chi connectivity index (χ1n) is 8.86. The molecule has 2 aliphatic carbocycles. The molecule has 0 bridgehead atoms. The Morgan fingerprint density at radius 3 is 2.74 bits per heavy atom. The van der Waals surface area contributed by atoms with E-state index in [-0.39, 0.29) is 5.41 Å². The highest BCUT2D eigenvalue weighted by Gasteiger charge is 2.34. The second-order valence-corrected chi connectivity index (χ2v) is 8.75. The minimum absolute atomic E-state index is 0.169. The molecule has 0 fully saturated rings. The van der Waals surface area contributed by atoms with E-state index in [4.69, 9.17) is 0 Å². The molecule has 0 aromatic heterocycles. The van der Waals surface area contributed by atoms with Crippen LogP contribution in [-0.4, -0.2) is 0 Å². The SMILES string of the molecule is CC/C=C(\C=C1/Cc2ccccc2C1(C)C)C1CC=C(I)CC1. The van der Waals surface area contributed by atoms with Crippen LogP contribution in [-0.2, 0) is 11.8 Å². The molecule has 0 spiro atoms. The lowest BCUT2D eigenvalue weighted by molar-refractivity contribution is 0.555. The van der Waals surface area contributed by atoms with Gasteiger partial charge < -0.3 is 0 Å². The molecule has 1 aromatic carbocycles. The van der Waals surface area contributed by atoms with E-state index in [1.165, 1.54) is 34.0 Å². The van der Waals surface area contributed by atoms with Gasteiger partial charge in [0.2, 0.25) is 0 Å². The van der Waals surface area contributed by atoms with Gasteiger partial charge in [-0.15, -0.1) is 0 Å². The van der Waals surface area contributed by atoms with Gasteiger partial charge in [0.15, 0.2) is 0 Å². The Labute approximate surface area is 154 Å². The first-order chi connectivity index (χ1) is 11.0. The maximum Gasteiger partial charge on any atom is 0.0114 e. The Morgan fingerprint density at radius 2 is 2.09 bits per heavy atom. The fourth-order valence-corrected chi connectivity index (χ4v) is 4.57. The summed E-state index contributed by atoms with van der Waals surface area (Å²) in [6.45, 7) is 7.03. The number of hydrogen-bond donors (Lipinski definition) is 0.